The summed E-state index contributed by atoms with van der Waals surface area (Å²) in [6.45, 7) is 18.0. The van der Waals surface area contributed by atoms with Gasteiger partial charge in [-0.3, -0.25) is 50.4 Å². The van der Waals surface area contributed by atoms with Crippen molar-refractivity contribution in [3.63, 3.8) is 0 Å². The number of anilines is 2. The molecule has 0 aliphatic heterocycles. The van der Waals surface area contributed by atoms with Crippen LogP contribution < -0.4 is 52.3 Å². The molecule has 0 spiro atoms. The molecule has 0 saturated carbocycles. The minimum absolute atomic E-state index is 0. The number of carbonyl (C=O) groups is 3. The Bertz CT molecular complexity index is 3080. The average molecular weight is 1440 g/mol. The number of nitrogens with one attached hydrogen (secondary N) is 3. The average Bonchev–Trinajstić information content (AvgIpc) is 0.890. The van der Waals surface area contributed by atoms with Gasteiger partial charge in [0.1, 0.15) is 11.5 Å². The molecule has 93 heavy (non-hydrogen) atoms. The Morgan fingerprint density at radius 2 is 1.02 bits per heavy atom. The van der Waals surface area contributed by atoms with Crippen LogP contribution in [0.2, 0.25) is 0 Å². The third-order valence-corrected chi connectivity index (χ3v) is 11.4. The Labute approximate surface area is 561 Å². The van der Waals surface area contributed by atoms with Crippen LogP contribution in [0.15, 0.2) is 121 Å². The molecule has 2 amide bonds. The van der Waals surface area contributed by atoms with Crippen molar-refractivity contribution < 1.29 is 106 Å². The molecule has 1 unspecified atom stereocenters. The Morgan fingerprint density at radius 1 is 0.645 bits per heavy atom. The molecule has 31 nitrogen and oxygen atoms in total. The standard InChI is InChI=1S/C12H16N2O6.C12H18N2O4.C10H10N2O2.C8H7NO5.C6H15N.C5H5N.C4H11NO2.C2H3.ClHO2S.Pd/c1-18-10-6-8(4-5-9(10)14(16)17)12(15)13-7-11(19-2)20-3;1-16-10-6-8(4-5-9(10)13)12(15)14-7-11(17-2)18-3;1-14-9-5-7-6(4-8(9)11)2-3-12-10(7)13;1-14-7-4-5(8(10)11)2-3-6(7)9(12)13;1-4-7(5-2)6-3;1-2-4-6-5-3-1;1-6-4(3-5)7-2;1-2;1-4(2)3;/h4-6,11H,7H2,1-3H3,(H,13,15);4-6,11H,7,13H2,1-3H3,(H,14,15);2-5H,11H2,1H3,(H,12,13);2-4H,1H3,(H,10,11);4-6H2,1-3H3;1-5H;4H,3,5H2,1-2H3;1H,2H2;(H,2,3);/q;;;;;;;-1;;/p-1. The van der Waals surface area contributed by atoms with Gasteiger partial charge in [0.15, 0.2) is 30.4 Å². The first-order valence-electron chi connectivity index (χ1n) is 26.8. The van der Waals surface area contributed by atoms with E-state index in [0.29, 0.717) is 40.4 Å². The first kappa shape index (κ1) is 91.1. The van der Waals surface area contributed by atoms with E-state index in [0.717, 1.165) is 23.6 Å². The number of hydrogen-bond acceptors (Lipinski definition) is 25. The minimum atomic E-state index is -2.39. The van der Waals surface area contributed by atoms with E-state index in [9.17, 15) is 39.4 Å². The number of fused-ring (bicyclic) bond motifs is 1. The fourth-order valence-corrected chi connectivity index (χ4v) is 6.55. The number of nitrogens with zero attached hydrogens (tertiary/aromatic N) is 4. The molecule has 6 rings (SSSR count). The smallest absolute Gasteiger partial charge is 0.335 e. The number of nitrogens with two attached hydrogens (primary N) is 3. The molecule has 1 atom stereocenters. The Morgan fingerprint density at radius 3 is 1.33 bits per heavy atom. The maximum absolute atomic E-state index is 11.9. The number of nitrogen functional groups attached to an aromatic ring is 2. The number of benzene rings is 4. The van der Waals surface area contributed by atoms with Gasteiger partial charge in [0.05, 0.1) is 73.7 Å². The molecule has 34 heteroatoms. The number of aromatic nitrogens is 2. The van der Waals surface area contributed by atoms with E-state index < -0.39 is 44.6 Å². The molecular formula is C59H85ClN10O21PdS-2. The van der Waals surface area contributed by atoms with Crippen molar-refractivity contribution in [3.8, 4) is 23.0 Å². The van der Waals surface area contributed by atoms with Crippen LogP contribution in [0.4, 0.5) is 22.7 Å². The number of carboxylic acids is 1. The van der Waals surface area contributed by atoms with Gasteiger partial charge < -0.3 is 101 Å². The number of aromatic amines is 1. The summed E-state index contributed by atoms with van der Waals surface area (Å²) in [6.07, 6.45) is 3.83. The zero-order valence-corrected chi connectivity index (χ0v) is 57.0. The molecule has 0 aliphatic carbocycles. The van der Waals surface area contributed by atoms with Gasteiger partial charge in [0.25, 0.3) is 17.4 Å². The van der Waals surface area contributed by atoms with Gasteiger partial charge in [-0.25, -0.2) is 4.79 Å². The molecule has 2 heterocycles. The van der Waals surface area contributed by atoms with E-state index in [1.807, 2.05) is 18.2 Å². The van der Waals surface area contributed by atoms with Gasteiger partial charge in [0, 0.05) is 134 Å². The number of halogens is 1. The zero-order valence-electron chi connectivity index (χ0n) is 53.9. The number of amides is 2. The van der Waals surface area contributed by atoms with Crippen LogP contribution in [0.3, 0.4) is 0 Å². The van der Waals surface area contributed by atoms with Crippen LogP contribution in [-0.4, -0.2) is 186 Å². The van der Waals surface area contributed by atoms with Gasteiger partial charge >= 0.3 is 17.3 Å². The summed E-state index contributed by atoms with van der Waals surface area (Å²) >= 11 is 0. The molecule has 0 fully saturated rings. The molecular weight excluding hydrogens is 1360 g/mol. The topological polar surface area (TPSA) is 441 Å². The molecule has 0 aliphatic rings. The Hall–Kier alpha value is -8.27. The Balaban J connectivity index is -0.000000505. The van der Waals surface area contributed by atoms with E-state index >= 15 is 0 Å². The van der Waals surface area contributed by atoms with E-state index in [2.05, 4.69) is 70.1 Å². The number of H-pyrrole nitrogens is 1. The second-order valence-corrected chi connectivity index (χ2v) is 17.9. The van der Waals surface area contributed by atoms with E-state index in [1.165, 1.54) is 94.7 Å². The number of nitro groups is 2. The molecule has 0 bridgehead atoms. The summed E-state index contributed by atoms with van der Waals surface area (Å²) in [6, 6.07) is 23.0. The predicted octanol–water partition coefficient (Wildman–Crippen LogP) is 6.61. The number of nitro benzene ring substituents is 2. The number of rotatable bonds is 23. The predicted molar refractivity (Wildman–Crippen MR) is 349 cm³/mol. The third-order valence-electron chi connectivity index (χ3n) is 11.4. The van der Waals surface area contributed by atoms with E-state index in [1.54, 1.807) is 69.2 Å². The van der Waals surface area contributed by atoms with Crippen molar-refractivity contribution in [2.45, 2.75) is 39.6 Å². The van der Waals surface area contributed by atoms with Gasteiger partial charge in [0.2, 0.25) is 0 Å². The quantitative estimate of drug-likeness (QED) is 0.00518. The summed E-state index contributed by atoms with van der Waals surface area (Å²) in [5.41, 5.74) is 17.6. The second-order valence-electron chi connectivity index (χ2n) is 16.7. The van der Waals surface area contributed by atoms with Crippen LogP contribution in [0.25, 0.3) is 10.8 Å². The summed E-state index contributed by atoms with van der Waals surface area (Å²) < 4.78 is 66.4. The van der Waals surface area contributed by atoms with Crippen molar-refractivity contribution in [2.75, 3.05) is 122 Å². The number of methoxy groups -OCH3 is 10. The second kappa shape index (κ2) is 55.4. The van der Waals surface area contributed by atoms with Crippen molar-refractivity contribution >= 4 is 72.3 Å². The number of aromatic carboxylic acids is 1. The maximum atomic E-state index is 11.9. The first-order chi connectivity index (χ1) is 43.8. The maximum Gasteiger partial charge on any atom is 0.335 e. The molecule has 2 aromatic heterocycles. The monoisotopic (exact) mass is 1440 g/mol. The number of hydrogen-bond donors (Lipinski definition) is 7. The van der Waals surface area contributed by atoms with Crippen LogP contribution in [0, 0.1) is 26.8 Å². The van der Waals surface area contributed by atoms with Crippen molar-refractivity contribution in [2.24, 2.45) is 5.73 Å². The van der Waals surface area contributed by atoms with Gasteiger partial charge in [-0.05, 0) is 96.4 Å². The fourth-order valence-electron chi connectivity index (χ4n) is 6.55. The van der Waals surface area contributed by atoms with E-state index in [4.69, 9.17) is 78.4 Å². The molecule has 0 saturated heterocycles. The molecule has 6 aromatic rings. The summed E-state index contributed by atoms with van der Waals surface area (Å²) in [4.78, 5) is 74.4. The van der Waals surface area contributed by atoms with Crippen molar-refractivity contribution in [3.05, 3.63) is 170 Å². The van der Waals surface area contributed by atoms with E-state index in [-0.39, 0.29) is 85.3 Å². The first-order valence-corrected chi connectivity index (χ1v) is 28.7. The van der Waals surface area contributed by atoms with Gasteiger partial charge in [-0.2, -0.15) is 0 Å². The minimum Gasteiger partial charge on any atom is -0.760 e. The summed E-state index contributed by atoms with van der Waals surface area (Å²) in [7, 11) is 16.4. The summed E-state index contributed by atoms with van der Waals surface area (Å²) in [5, 5.41) is 36.5. The van der Waals surface area contributed by atoms with Crippen molar-refractivity contribution in [1.82, 2.24) is 25.5 Å². The SMILES string of the molecule is CCN(CC)CC.COC(CN)OC.COc1cc(C(=O)NCC(OC)OC)ccc1N.COc1cc(C(=O)NCC(OC)OC)ccc1[N+](=O)[O-].COc1cc(C(=O)O)ccc1[N+](=O)[O-].COc1cc2c(=O)[nH]ccc2cc1N.O=S([O-])Cl.[CH-]=C.[Pd].c1ccncc1. The molecule has 4 aromatic carbocycles. The molecule has 0 radical (unpaired) electrons. The van der Waals surface area contributed by atoms with Crippen LogP contribution in [0.1, 0.15) is 51.8 Å². The number of carboxylic acid groups (broad SMARTS) is 1. The number of pyridine rings is 2. The zero-order chi connectivity index (χ0) is 70.7. The fraction of sp³-hybridized carbons (Fsp3) is 0.373. The largest absolute Gasteiger partial charge is 0.760 e. The van der Waals surface area contributed by atoms with Crippen LogP contribution in [-0.2, 0) is 59.1 Å². The molecule has 522 valence electrons. The third kappa shape index (κ3) is 38.4. The molecule has 10 N–H and O–H groups in total. The number of carbonyl (C=O) groups excluding carboxylic acids is 2. The van der Waals surface area contributed by atoms with Crippen molar-refractivity contribution in [1.29, 1.82) is 0 Å². The van der Waals surface area contributed by atoms with Gasteiger partial charge in [-0.1, -0.05) is 26.8 Å². The Kier molecular flexibility index (Phi) is 54.3. The normalized spacial score (nSPS) is 10.0. The number of ether oxygens (including phenoxy) is 10. The summed E-state index contributed by atoms with van der Waals surface area (Å²) in [5.74, 6) is -0.845. The van der Waals surface area contributed by atoms with Gasteiger partial charge in [-0.15, -0.1) is 0 Å². The van der Waals surface area contributed by atoms with Crippen LogP contribution in [0.5, 0.6) is 23.0 Å². The van der Waals surface area contributed by atoms with Crippen LogP contribution >= 0.6 is 10.7 Å².